The summed E-state index contributed by atoms with van der Waals surface area (Å²) in [5, 5.41) is 5.04. The zero-order valence-electron chi connectivity index (χ0n) is 11.6. The summed E-state index contributed by atoms with van der Waals surface area (Å²) in [6, 6.07) is 12.0. The van der Waals surface area contributed by atoms with Crippen LogP contribution in [0.2, 0.25) is 0 Å². The molecule has 4 rings (SSSR count). The van der Waals surface area contributed by atoms with Crippen LogP contribution in [0.3, 0.4) is 0 Å². The lowest BCUT2D eigenvalue weighted by Gasteiger charge is -2.06. The second kappa shape index (κ2) is 5.04. The Labute approximate surface area is 126 Å². The topological polar surface area (TPSA) is 44.9 Å². The number of anilines is 1. The van der Waals surface area contributed by atoms with Crippen molar-refractivity contribution in [1.29, 1.82) is 0 Å². The molecule has 2 N–H and O–H groups in total. The molecule has 2 aromatic heterocycles. The Morgan fingerprint density at radius 2 is 2.10 bits per heavy atom. The highest BCUT2D eigenvalue weighted by Crippen LogP contribution is 2.30. The van der Waals surface area contributed by atoms with Gasteiger partial charge in [0.15, 0.2) is 0 Å². The van der Waals surface area contributed by atoms with E-state index in [9.17, 15) is 4.79 Å². The number of thiophene rings is 1. The fourth-order valence-corrected chi connectivity index (χ4v) is 4.17. The first kappa shape index (κ1) is 12.7. The van der Waals surface area contributed by atoms with E-state index in [-0.39, 0.29) is 5.56 Å². The monoisotopic (exact) mass is 296 g/mol. The molecule has 0 atom stereocenters. The van der Waals surface area contributed by atoms with Crippen molar-refractivity contribution in [2.75, 3.05) is 5.32 Å². The molecule has 3 aromatic rings. The highest BCUT2D eigenvalue weighted by Gasteiger charge is 2.14. The Hall–Kier alpha value is -2.07. The fourth-order valence-electron chi connectivity index (χ4n) is 2.97. The molecule has 4 heteroatoms. The summed E-state index contributed by atoms with van der Waals surface area (Å²) in [6.07, 6.45) is 3.75. The standard InChI is InChI=1S/C17H16N2OS/c20-17-14-6-2-1-4-11(14)9-16(19-17)18-10-13-8-12-5-3-7-15(12)21-13/h1-2,4,6,8-9H,3,5,7,10H2,(H2,18,19,20). The van der Waals surface area contributed by atoms with Crippen molar-refractivity contribution in [3.8, 4) is 0 Å². The van der Waals surface area contributed by atoms with Crippen molar-refractivity contribution in [1.82, 2.24) is 4.98 Å². The summed E-state index contributed by atoms with van der Waals surface area (Å²) in [7, 11) is 0. The van der Waals surface area contributed by atoms with Gasteiger partial charge < -0.3 is 10.3 Å². The van der Waals surface area contributed by atoms with Crippen LogP contribution in [0.25, 0.3) is 10.8 Å². The van der Waals surface area contributed by atoms with Crippen LogP contribution in [0, 0.1) is 0 Å². The predicted molar refractivity (Wildman–Crippen MR) is 88.2 cm³/mol. The number of hydrogen-bond acceptors (Lipinski definition) is 3. The van der Waals surface area contributed by atoms with E-state index in [2.05, 4.69) is 16.4 Å². The van der Waals surface area contributed by atoms with Gasteiger partial charge in [0.25, 0.3) is 5.56 Å². The van der Waals surface area contributed by atoms with Crippen LogP contribution in [0.15, 0.2) is 41.2 Å². The van der Waals surface area contributed by atoms with Crippen molar-refractivity contribution >= 4 is 27.9 Å². The molecule has 1 aliphatic carbocycles. The third-order valence-electron chi connectivity index (χ3n) is 4.00. The Kier molecular flexibility index (Phi) is 3.04. The molecule has 0 saturated heterocycles. The maximum atomic E-state index is 12.0. The van der Waals surface area contributed by atoms with Gasteiger partial charge in [0.05, 0.1) is 6.54 Å². The molecule has 3 nitrogen and oxygen atoms in total. The molecule has 21 heavy (non-hydrogen) atoms. The minimum Gasteiger partial charge on any atom is -0.367 e. The van der Waals surface area contributed by atoms with Crippen LogP contribution >= 0.6 is 11.3 Å². The molecule has 1 aliphatic rings. The van der Waals surface area contributed by atoms with Crippen molar-refractivity contribution in [3.05, 3.63) is 62.1 Å². The third-order valence-corrected chi connectivity index (χ3v) is 5.24. The minimum absolute atomic E-state index is 0.0377. The largest absolute Gasteiger partial charge is 0.367 e. The van der Waals surface area contributed by atoms with Crippen molar-refractivity contribution in [2.45, 2.75) is 25.8 Å². The van der Waals surface area contributed by atoms with Crippen LogP contribution < -0.4 is 10.9 Å². The van der Waals surface area contributed by atoms with Gasteiger partial charge in [-0.15, -0.1) is 11.3 Å². The highest BCUT2D eigenvalue weighted by atomic mass is 32.1. The number of aromatic amines is 1. The summed E-state index contributed by atoms with van der Waals surface area (Å²) >= 11 is 1.89. The first-order valence-corrected chi connectivity index (χ1v) is 8.08. The molecule has 106 valence electrons. The highest BCUT2D eigenvalue weighted by molar-refractivity contribution is 7.12. The van der Waals surface area contributed by atoms with Gasteiger partial charge in [-0.05, 0) is 48.4 Å². The predicted octanol–water partition coefficient (Wildman–Crippen LogP) is 3.69. The molecule has 0 fully saturated rings. The van der Waals surface area contributed by atoms with E-state index in [0.29, 0.717) is 0 Å². The number of hydrogen-bond donors (Lipinski definition) is 2. The van der Waals surface area contributed by atoms with Gasteiger partial charge in [-0.1, -0.05) is 18.2 Å². The second-order valence-electron chi connectivity index (χ2n) is 5.47. The number of pyridine rings is 1. The average molecular weight is 296 g/mol. The number of nitrogens with one attached hydrogen (secondary N) is 2. The zero-order valence-corrected chi connectivity index (χ0v) is 12.4. The summed E-state index contributed by atoms with van der Waals surface area (Å²) in [5.41, 5.74) is 1.48. The first-order valence-electron chi connectivity index (χ1n) is 7.26. The van der Waals surface area contributed by atoms with Gasteiger partial charge in [-0.3, -0.25) is 4.79 Å². The zero-order chi connectivity index (χ0) is 14.2. The molecule has 0 aliphatic heterocycles. The molecular weight excluding hydrogens is 280 g/mol. The van der Waals surface area contributed by atoms with Crippen LogP contribution in [0.4, 0.5) is 5.82 Å². The lowest BCUT2D eigenvalue weighted by atomic mass is 10.2. The summed E-state index contributed by atoms with van der Waals surface area (Å²) in [4.78, 5) is 17.8. The van der Waals surface area contributed by atoms with Crippen molar-refractivity contribution < 1.29 is 0 Å². The van der Waals surface area contributed by atoms with E-state index in [1.54, 1.807) is 4.88 Å². The SMILES string of the molecule is O=c1[nH]c(NCc2cc3c(s2)CCC3)cc2ccccc12. The van der Waals surface area contributed by atoms with E-state index in [1.807, 2.05) is 41.7 Å². The Bertz CT molecular complexity index is 841. The molecule has 2 heterocycles. The van der Waals surface area contributed by atoms with Crippen LogP contribution in [0.5, 0.6) is 0 Å². The van der Waals surface area contributed by atoms with Gasteiger partial charge in [-0.25, -0.2) is 0 Å². The average Bonchev–Trinajstić information content (AvgIpc) is 3.06. The molecule has 0 spiro atoms. The van der Waals surface area contributed by atoms with Crippen LogP contribution in [0.1, 0.15) is 21.7 Å². The lowest BCUT2D eigenvalue weighted by Crippen LogP contribution is -2.10. The number of aromatic nitrogens is 1. The molecule has 0 bridgehead atoms. The summed E-state index contributed by atoms with van der Waals surface area (Å²) in [6.45, 7) is 0.770. The van der Waals surface area contributed by atoms with Gasteiger partial charge >= 0.3 is 0 Å². The molecule has 0 saturated carbocycles. The lowest BCUT2D eigenvalue weighted by molar-refractivity contribution is 0.913. The Balaban J connectivity index is 1.58. The molecule has 0 unspecified atom stereocenters. The van der Waals surface area contributed by atoms with Gasteiger partial charge in [0.2, 0.25) is 0 Å². The number of aryl methyl sites for hydroxylation is 2. The Morgan fingerprint density at radius 1 is 1.19 bits per heavy atom. The normalized spacial score (nSPS) is 13.5. The first-order chi connectivity index (χ1) is 10.3. The molecule has 1 aromatic carbocycles. The van der Waals surface area contributed by atoms with Crippen molar-refractivity contribution in [2.24, 2.45) is 0 Å². The fraction of sp³-hybridized carbons (Fsp3) is 0.235. The van der Waals surface area contributed by atoms with Crippen LogP contribution in [-0.4, -0.2) is 4.98 Å². The van der Waals surface area contributed by atoms with Crippen molar-refractivity contribution in [3.63, 3.8) is 0 Å². The maximum Gasteiger partial charge on any atom is 0.257 e. The molecule has 0 radical (unpaired) electrons. The summed E-state index contributed by atoms with van der Waals surface area (Å²) < 4.78 is 0. The van der Waals surface area contributed by atoms with E-state index < -0.39 is 0 Å². The third kappa shape index (κ3) is 2.36. The molecule has 0 amide bonds. The molecular formula is C17H16N2OS. The smallest absolute Gasteiger partial charge is 0.257 e. The van der Waals surface area contributed by atoms with E-state index in [0.717, 1.165) is 23.1 Å². The quantitative estimate of drug-likeness (QED) is 0.774. The van der Waals surface area contributed by atoms with Gasteiger partial charge in [-0.2, -0.15) is 0 Å². The van der Waals surface area contributed by atoms with E-state index in [4.69, 9.17) is 0 Å². The van der Waals surface area contributed by atoms with E-state index >= 15 is 0 Å². The minimum atomic E-state index is -0.0377. The van der Waals surface area contributed by atoms with E-state index in [1.165, 1.54) is 29.7 Å². The second-order valence-corrected chi connectivity index (χ2v) is 6.69. The van der Waals surface area contributed by atoms with Gasteiger partial charge in [0, 0.05) is 15.1 Å². The number of fused-ring (bicyclic) bond motifs is 2. The number of benzene rings is 1. The van der Waals surface area contributed by atoms with Crippen LogP contribution in [-0.2, 0) is 19.4 Å². The maximum absolute atomic E-state index is 12.0. The number of rotatable bonds is 3. The number of H-pyrrole nitrogens is 1. The summed E-state index contributed by atoms with van der Waals surface area (Å²) in [5.74, 6) is 0.784. The van der Waals surface area contributed by atoms with Gasteiger partial charge in [0.1, 0.15) is 5.82 Å². The Morgan fingerprint density at radius 3 is 3.00 bits per heavy atom.